The minimum Gasteiger partial charge on any atom is -0.346 e. The second kappa shape index (κ2) is 10.2. The van der Waals surface area contributed by atoms with Gasteiger partial charge in [-0.1, -0.05) is 50.6 Å². The van der Waals surface area contributed by atoms with Gasteiger partial charge in [0.2, 0.25) is 0 Å². The molecule has 192 valence electrons. The van der Waals surface area contributed by atoms with E-state index in [0.717, 1.165) is 5.56 Å². The van der Waals surface area contributed by atoms with Gasteiger partial charge in [0.15, 0.2) is 5.03 Å². The molecule has 0 saturated heterocycles. The van der Waals surface area contributed by atoms with Gasteiger partial charge in [0, 0.05) is 17.6 Å². The highest BCUT2D eigenvalue weighted by Crippen LogP contribution is 2.32. The van der Waals surface area contributed by atoms with Crippen molar-refractivity contribution in [3.63, 3.8) is 0 Å². The highest BCUT2D eigenvalue weighted by molar-refractivity contribution is 7.93. The van der Waals surface area contributed by atoms with Gasteiger partial charge < -0.3 is 5.32 Å². The first kappa shape index (κ1) is 27.7. The average Bonchev–Trinajstić information content (AvgIpc) is 2.81. The van der Waals surface area contributed by atoms with Crippen molar-refractivity contribution < 1.29 is 17.8 Å². The molecule has 1 N–H and O–H groups in total. The van der Waals surface area contributed by atoms with Gasteiger partial charge in [0.1, 0.15) is 9.73 Å². The Balaban J connectivity index is 2.01. The van der Waals surface area contributed by atoms with Crippen LogP contribution in [0.1, 0.15) is 53.5 Å². The summed E-state index contributed by atoms with van der Waals surface area (Å²) < 4.78 is 48.2. The van der Waals surface area contributed by atoms with Crippen LogP contribution in [0.3, 0.4) is 0 Å². The van der Waals surface area contributed by atoms with Crippen LogP contribution in [-0.2, 0) is 21.1 Å². The number of aromatic nitrogens is 2. The van der Waals surface area contributed by atoms with E-state index in [2.05, 4.69) is 19.9 Å². The number of hydrogen-bond donors (Lipinski definition) is 1. The first-order valence-corrected chi connectivity index (χ1v) is 13.1. The summed E-state index contributed by atoms with van der Waals surface area (Å²) in [5, 5.41) is 10.5. The number of hydrogen-bond acceptors (Lipinski definition) is 5. The van der Waals surface area contributed by atoms with E-state index < -0.39 is 28.1 Å². The van der Waals surface area contributed by atoms with Crippen molar-refractivity contribution in [2.45, 2.75) is 55.9 Å². The summed E-state index contributed by atoms with van der Waals surface area (Å²) in [5.74, 6) is -4.21. The molecule has 1 atom stereocenters. The van der Waals surface area contributed by atoms with Gasteiger partial charge in [-0.2, -0.15) is 13.9 Å². The lowest BCUT2D eigenvalue weighted by molar-refractivity contribution is -0.00309. The zero-order valence-corrected chi connectivity index (χ0v) is 22.6. The van der Waals surface area contributed by atoms with E-state index in [1.54, 1.807) is 25.1 Å². The first-order valence-electron chi connectivity index (χ1n) is 11.2. The summed E-state index contributed by atoms with van der Waals surface area (Å²) >= 11 is 5.88. The molecular formula is C26H29ClF2N4O2S. The fourth-order valence-electron chi connectivity index (χ4n) is 3.70. The van der Waals surface area contributed by atoms with Gasteiger partial charge in [0.05, 0.1) is 22.7 Å². The Morgan fingerprint density at radius 1 is 1.08 bits per heavy atom. The molecule has 0 aliphatic rings. The summed E-state index contributed by atoms with van der Waals surface area (Å²) in [4.78, 5) is 13.5. The van der Waals surface area contributed by atoms with Crippen LogP contribution in [0.15, 0.2) is 62.8 Å². The molecule has 0 radical (unpaired) electrons. The summed E-state index contributed by atoms with van der Waals surface area (Å²) in [7, 11) is -2.02. The van der Waals surface area contributed by atoms with Gasteiger partial charge >= 0.3 is 0 Å². The molecule has 1 aromatic heterocycles. The van der Waals surface area contributed by atoms with Crippen LogP contribution in [0.5, 0.6) is 0 Å². The third kappa shape index (κ3) is 5.73. The Morgan fingerprint density at radius 2 is 1.78 bits per heavy atom. The van der Waals surface area contributed by atoms with Crippen LogP contribution >= 0.6 is 11.6 Å². The standard InChI is InChI=1S/C26H29ClF2N4O2S/c1-16-12-19(27)10-11-22(16)26(28,29)15-31-23(34)21-13-17(2)32-33-24(21)36(35,30-6)20-9-7-8-18(14-20)25(3,4)5/h7-14H,15H2,1-6H3,(H,31,34). The van der Waals surface area contributed by atoms with Gasteiger partial charge in [0.25, 0.3) is 11.8 Å². The van der Waals surface area contributed by atoms with E-state index >= 15 is 0 Å². The molecule has 36 heavy (non-hydrogen) atoms. The van der Waals surface area contributed by atoms with Crippen molar-refractivity contribution in [3.8, 4) is 0 Å². The molecule has 2 aromatic carbocycles. The van der Waals surface area contributed by atoms with E-state index in [1.165, 1.54) is 38.2 Å². The maximum absolute atomic E-state index is 15.0. The van der Waals surface area contributed by atoms with E-state index in [1.807, 2.05) is 26.8 Å². The molecule has 0 spiro atoms. The van der Waals surface area contributed by atoms with E-state index in [4.69, 9.17) is 11.6 Å². The minimum atomic E-state index is -3.39. The first-order chi connectivity index (χ1) is 16.7. The Morgan fingerprint density at radius 3 is 2.39 bits per heavy atom. The predicted octanol–water partition coefficient (Wildman–Crippen LogP) is 6.08. The minimum absolute atomic E-state index is 0.122. The highest BCUT2D eigenvalue weighted by atomic mass is 35.5. The number of nitrogens with zero attached hydrogens (tertiary/aromatic N) is 3. The summed E-state index contributed by atoms with van der Waals surface area (Å²) in [6, 6.07) is 12.5. The Labute approximate surface area is 215 Å². The highest BCUT2D eigenvalue weighted by Gasteiger charge is 2.35. The van der Waals surface area contributed by atoms with E-state index in [-0.39, 0.29) is 21.6 Å². The maximum atomic E-state index is 15.0. The third-order valence-electron chi connectivity index (χ3n) is 5.72. The van der Waals surface area contributed by atoms with Crippen molar-refractivity contribution in [2.24, 2.45) is 4.36 Å². The second-order valence-electron chi connectivity index (χ2n) is 9.54. The van der Waals surface area contributed by atoms with Crippen molar-refractivity contribution in [3.05, 3.63) is 81.5 Å². The number of carbonyl (C=O) groups is 1. The normalized spacial score (nSPS) is 13.7. The smallest absolute Gasteiger partial charge is 0.290 e. The molecule has 3 aromatic rings. The van der Waals surface area contributed by atoms with Crippen LogP contribution < -0.4 is 5.32 Å². The van der Waals surface area contributed by atoms with Gasteiger partial charge in [-0.15, -0.1) is 5.10 Å². The monoisotopic (exact) mass is 534 g/mol. The fraction of sp³-hybridized carbons (Fsp3) is 0.346. The molecule has 1 heterocycles. The zero-order valence-electron chi connectivity index (χ0n) is 21.0. The quantitative estimate of drug-likeness (QED) is 0.415. The lowest BCUT2D eigenvalue weighted by Gasteiger charge is -2.21. The molecule has 0 aliphatic carbocycles. The van der Waals surface area contributed by atoms with Crippen LogP contribution in [0, 0.1) is 13.8 Å². The van der Waals surface area contributed by atoms with Gasteiger partial charge in [-0.25, -0.2) is 8.57 Å². The lowest BCUT2D eigenvalue weighted by atomic mass is 9.87. The van der Waals surface area contributed by atoms with Gasteiger partial charge in [-0.3, -0.25) is 4.79 Å². The lowest BCUT2D eigenvalue weighted by Crippen LogP contribution is -2.36. The maximum Gasteiger partial charge on any atom is 0.290 e. The molecular weight excluding hydrogens is 506 g/mol. The Bertz CT molecular complexity index is 1430. The predicted molar refractivity (Wildman–Crippen MR) is 137 cm³/mol. The van der Waals surface area contributed by atoms with Crippen LogP contribution in [0.25, 0.3) is 0 Å². The van der Waals surface area contributed by atoms with E-state index in [9.17, 15) is 17.8 Å². The van der Waals surface area contributed by atoms with Gasteiger partial charge in [-0.05, 0) is 60.7 Å². The second-order valence-corrected chi connectivity index (χ2v) is 12.2. The molecule has 0 fully saturated rings. The number of amides is 1. The largest absolute Gasteiger partial charge is 0.346 e. The number of carbonyl (C=O) groups excluding carboxylic acids is 1. The summed E-state index contributed by atoms with van der Waals surface area (Å²) in [5.41, 5.74) is 0.987. The fourth-order valence-corrected chi connectivity index (χ4v) is 5.69. The zero-order chi connectivity index (χ0) is 26.9. The molecule has 1 amide bonds. The molecule has 3 rings (SSSR count). The molecule has 6 nitrogen and oxygen atoms in total. The van der Waals surface area contributed by atoms with Crippen molar-refractivity contribution >= 4 is 27.2 Å². The number of alkyl halides is 2. The Hall–Kier alpha value is -2.91. The number of benzene rings is 2. The van der Waals surface area contributed by atoms with Crippen molar-refractivity contribution in [1.29, 1.82) is 0 Å². The number of rotatable bonds is 6. The SMILES string of the molecule is CN=S(=O)(c1cccc(C(C)(C)C)c1)c1nnc(C)cc1C(=O)NCC(F)(F)c1ccc(Cl)cc1C. The van der Waals surface area contributed by atoms with Crippen LogP contribution in [0.2, 0.25) is 5.02 Å². The van der Waals surface area contributed by atoms with E-state index in [0.29, 0.717) is 21.2 Å². The summed E-state index contributed by atoms with van der Waals surface area (Å²) in [6.07, 6.45) is 0. The average molecular weight is 535 g/mol. The molecule has 10 heteroatoms. The van der Waals surface area contributed by atoms with Crippen LogP contribution in [0.4, 0.5) is 8.78 Å². The van der Waals surface area contributed by atoms with Crippen molar-refractivity contribution in [1.82, 2.24) is 15.5 Å². The topological polar surface area (TPSA) is 84.3 Å². The summed E-state index contributed by atoms with van der Waals surface area (Å²) in [6.45, 7) is 8.21. The molecule has 0 bridgehead atoms. The molecule has 0 saturated carbocycles. The van der Waals surface area contributed by atoms with Crippen molar-refractivity contribution in [2.75, 3.05) is 13.6 Å². The Kier molecular flexibility index (Phi) is 7.86. The number of nitrogens with one attached hydrogen (secondary N) is 1. The number of aryl methyl sites for hydroxylation is 2. The molecule has 0 aliphatic heterocycles. The molecule has 1 unspecified atom stereocenters. The third-order valence-corrected chi connectivity index (χ3v) is 8.19. The number of halogens is 3. The van der Waals surface area contributed by atoms with Crippen LogP contribution in [-0.4, -0.2) is 33.9 Å².